The molecular formula is C10H10F2INO. The topological polar surface area (TPSA) is 29.1 Å². The molecule has 2 nitrogen and oxygen atoms in total. The lowest BCUT2D eigenvalue weighted by molar-refractivity contribution is -0.122. The van der Waals surface area contributed by atoms with Gasteiger partial charge in [-0.05, 0) is 41.6 Å². The molecule has 1 aromatic carbocycles. The Morgan fingerprint density at radius 1 is 1.47 bits per heavy atom. The summed E-state index contributed by atoms with van der Waals surface area (Å²) in [5.74, 6) is -3.64. The van der Waals surface area contributed by atoms with Gasteiger partial charge in [0, 0.05) is 3.57 Å². The van der Waals surface area contributed by atoms with E-state index in [2.05, 4.69) is 5.32 Å². The first-order chi connectivity index (χ1) is 6.88. The number of hydrogen-bond acceptors (Lipinski definition) is 1. The van der Waals surface area contributed by atoms with Crippen molar-refractivity contribution in [3.8, 4) is 0 Å². The van der Waals surface area contributed by atoms with Gasteiger partial charge in [-0.1, -0.05) is 12.1 Å². The quantitative estimate of drug-likeness (QED) is 0.849. The van der Waals surface area contributed by atoms with Gasteiger partial charge in [0.25, 0.3) is 5.92 Å². The molecule has 1 rings (SSSR count). The molecule has 0 fully saturated rings. The number of amides is 1. The van der Waals surface area contributed by atoms with E-state index in [1.54, 1.807) is 18.2 Å². The Morgan fingerprint density at radius 2 is 2.07 bits per heavy atom. The Bertz CT molecular complexity index is 363. The lowest BCUT2D eigenvalue weighted by Gasteiger charge is -2.11. The van der Waals surface area contributed by atoms with Crippen LogP contribution >= 0.6 is 22.6 Å². The van der Waals surface area contributed by atoms with Crippen LogP contribution in [0, 0.1) is 3.57 Å². The zero-order valence-corrected chi connectivity index (χ0v) is 10.2. The summed E-state index contributed by atoms with van der Waals surface area (Å²) in [5.41, 5.74) is 0.562. The van der Waals surface area contributed by atoms with E-state index in [-0.39, 0.29) is 0 Å². The SMILES string of the molecule is CC(F)(F)CC(=O)Nc1ccccc1I. The molecule has 15 heavy (non-hydrogen) atoms. The summed E-state index contributed by atoms with van der Waals surface area (Å²) in [6, 6.07) is 7.02. The first-order valence-electron chi connectivity index (χ1n) is 4.31. The number of carbonyl (C=O) groups is 1. The molecule has 0 spiro atoms. The average molecular weight is 325 g/mol. The second kappa shape index (κ2) is 4.87. The van der Waals surface area contributed by atoms with Crippen LogP contribution in [0.5, 0.6) is 0 Å². The predicted molar refractivity (Wildman–Crippen MR) is 63.0 cm³/mol. The summed E-state index contributed by atoms with van der Waals surface area (Å²) >= 11 is 2.03. The molecule has 0 aliphatic carbocycles. The van der Waals surface area contributed by atoms with Crippen molar-refractivity contribution < 1.29 is 13.6 Å². The van der Waals surface area contributed by atoms with Gasteiger partial charge >= 0.3 is 0 Å². The highest BCUT2D eigenvalue weighted by molar-refractivity contribution is 14.1. The molecule has 1 amide bonds. The van der Waals surface area contributed by atoms with Gasteiger partial charge < -0.3 is 5.32 Å². The Kier molecular flexibility index (Phi) is 4.01. The van der Waals surface area contributed by atoms with E-state index in [0.717, 1.165) is 10.5 Å². The van der Waals surface area contributed by atoms with Crippen molar-refractivity contribution in [2.75, 3.05) is 5.32 Å². The minimum Gasteiger partial charge on any atom is -0.325 e. The molecule has 1 aromatic rings. The Hall–Kier alpha value is -0.720. The van der Waals surface area contributed by atoms with E-state index < -0.39 is 18.3 Å². The summed E-state index contributed by atoms with van der Waals surface area (Å²) in [4.78, 5) is 11.2. The average Bonchev–Trinajstić information content (AvgIpc) is 2.05. The van der Waals surface area contributed by atoms with E-state index in [0.29, 0.717) is 5.69 Å². The summed E-state index contributed by atoms with van der Waals surface area (Å²) in [6.07, 6.45) is -0.794. The second-order valence-corrected chi connectivity index (χ2v) is 4.44. The van der Waals surface area contributed by atoms with Gasteiger partial charge in [-0.3, -0.25) is 4.79 Å². The summed E-state index contributed by atoms with van der Waals surface area (Å²) in [5, 5.41) is 2.44. The van der Waals surface area contributed by atoms with Crippen LogP contribution in [0.1, 0.15) is 13.3 Å². The highest BCUT2D eigenvalue weighted by Gasteiger charge is 2.25. The highest BCUT2D eigenvalue weighted by Crippen LogP contribution is 2.20. The number of benzene rings is 1. The summed E-state index contributed by atoms with van der Waals surface area (Å²) in [6.45, 7) is 0.725. The number of halogens is 3. The second-order valence-electron chi connectivity index (χ2n) is 3.28. The zero-order valence-electron chi connectivity index (χ0n) is 8.06. The molecule has 0 aromatic heterocycles. The van der Waals surface area contributed by atoms with Crippen molar-refractivity contribution in [2.45, 2.75) is 19.3 Å². The van der Waals surface area contributed by atoms with Crippen molar-refractivity contribution >= 4 is 34.2 Å². The monoisotopic (exact) mass is 325 g/mol. The third kappa shape index (κ3) is 4.55. The standard InChI is InChI=1S/C10H10F2INO/c1-10(11,12)6-9(15)14-8-5-3-2-4-7(8)13/h2-5H,6H2,1H3,(H,14,15). The van der Waals surface area contributed by atoms with Crippen LogP contribution < -0.4 is 5.32 Å². The largest absolute Gasteiger partial charge is 0.325 e. The normalized spacial score (nSPS) is 11.2. The molecule has 82 valence electrons. The third-order valence-corrected chi connectivity index (χ3v) is 2.56. The fourth-order valence-corrected chi connectivity index (χ4v) is 1.56. The number of rotatable bonds is 3. The molecule has 0 atom stereocenters. The van der Waals surface area contributed by atoms with Gasteiger partial charge in [-0.25, -0.2) is 8.78 Å². The molecule has 5 heteroatoms. The van der Waals surface area contributed by atoms with E-state index >= 15 is 0 Å². The van der Waals surface area contributed by atoms with E-state index in [4.69, 9.17) is 0 Å². The zero-order chi connectivity index (χ0) is 11.5. The van der Waals surface area contributed by atoms with Crippen molar-refractivity contribution in [2.24, 2.45) is 0 Å². The molecular weight excluding hydrogens is 315 g/mol. The fraction of sp³-hybridized carbons (Fsp3) is 0.300. The van der Waals surface area contributed by atoms with Crippen LogP contribution in [0.2, 0.25) is 0 Å². The number of para-hydroxylation sites is 1. The molecule has 0 bridgehead atoms. The van der Waals surface area contributed by atoms with Crippen LogP contribution in [-0.4, -0.2) is 11.8 Å². The smallest absolute Gasteiger partial charge is 0.254 e. The minimum absolute atomic E-state index is 0.562. The van der Waals surface area contributed by atoms with Crippen molar-refractivity contribution in [3.05, 3.63) is 27.8 Å². The van der Waals surface area contributed by atoms with E-state index in [1.807, 2.05) is 28.7 Å². The number of nitrogens with one attached hydrogen (secondary N) is 1. The fourth-order valence-electron chi connectivity index (χ4n) is 1.04. The lowest BCUT2D eigenvalue weighted by atomic mass is 10.2. The molecule has 0 heterocycles. The number of hydrogen-bond donors (Lipinski definition) is 1. The maximum Gasteiger partial charge on any atom is 0.254 e. The summed E-state index contributed by atoms with van der Waals surface area (Å²) < 4.78 is 25.8. The number of carbonyl (C=O) groups excluding carboxylic acids is 1. The Morgan fingerprint density at radius 3 is 2.60 bits per heavy atom. The molecule has 0 saturated carbocycles. The van der Waals surface area contributed by atoms with Crippen molar-refractivity contribution in [1.29, 1.82) is 0 Å². The maximum atomic E-state index is 12.5. The van der Waals surface area contributed by atoms with Gasteiger partial charge in [0.2, 0.25) is 5.91 Å². The van der Waals surface area contributed by atoms with Crippen LogP contribution in [-0.2, 0) is 4.79 Å². The van der Waals surface area contributed by atoms with Crippen LogP contribution in [0.4, 0.5) is 14.5 Å². The van der Waals surface area contributed by atoms with Gasteiger partial charge in [-0.2, -0.15) is 0 Å². The number of alkyl halides is 2. The number of anilines is 1. The highest BCUT2D eigenvalue weighted by atomic mass is 127. The van der Waals surface area contributed by atoms with Gasteiger partial charge in [0.05, 0.1) is 12.1 Å². The van der Waals surface area contributed by atoms with Crippen LogP contribution in [0.3, 0.4) is 0 Å². The van der Waals surface area contributed by atoms with Crippen molar-refractivity contribution in [3.63, 3.8) is 0 Å². The van der Waals surface area contributed by atoms with Gasteiger partial charge in [0.15, 0.2) is 0 Å². The third-order valence-electron chi connectivity index (χ3n) is 1.62. The van der Waals surface area contributed by atoms with E-state index in [9.17, 15) is 13.6 Å². The molecule has 1 N–H and O–H groups in total. The summed E-state index contributed by atoms with van der Waals surface area (Å²) in [7, 11) is 0. The minimum atomic E-state index is -2.97. The molecule has 0 aliphatic rings. The first-order valence-corrected chi connectivity index (χ1v) is 5.38. The Balaban J connectivity index is 2.64. The lowest BCUT2D eigenvalue weighted by Crippen LogP contribution is -2.22. The predicted octanol–water partition coefficient (Wildman–Crippen LogP) is 3.28. The molecule has 0 aliphatic heterocycles. The van der Waals surface area contributed by atoms with E-state index in [1.165, 1.54) is 0 Å². The van der Waals surface area contributed by atoms with Gasteiger partial charge in [-0.15, -0.1) is 0 Å². The first kappa shape index (κ1) is 12.4. The molecule has 0 saturated heterocycles. The molecule has 0 unspecified atom stereocenters. The van der Waals surface area contributed by atoms with Gasteiger partial charge in [0.1, 0.15) is 0 Å². The maximum absolute atomic E-state index is 12.5. The van der Waals surface area contributed by atoms with Crippen molar-refractivity contribution in [1.82, 2.24) is 0 Å². The van der Waals surface area contributed by atoms with Crippen LogP contribution in [0.25, 0.3) is 0 Å². The molecule has 0 radical (unpaired) electrons. The van der Waals surface area contributed by atoms with Crippen LogP contribution in [0.15, 0.2) is 24.3 Å². The Labute approximate surface area is 100 Å².